The minimum absolute atomic E-state index is 0.578. The average molecular weight is 379 g/mol. The molecule has 0 saturated carbocycles. The molecule has 0 saturated heterocycles. The van der Waals surface area contributed by atoms with Gasteiger partial charge in [-0.3, -0.25) is 0 Å². The summed E-state index contributed by atoms with van der Waals surface area (Å²) in [6.45, 7) is 1.19. The van der Waals surface area contributed by atoms with Crippen LogP contribution in [0.5, 0.6) is 0 Å². The summed E-state index contributed by atoms with van der Waals surface area (Å²) in [7, 11) is 0. The maximum atomic E-state index is 5.95. The number of rotatable bonds is 6. The fourth-order valence-corrected chi connectivity index (χ4v) is 2.74. The Labute approximate surface area is 151 Å². The molecule has 0 unspecified atom stereocenters. The Morgan fingerprint density at radius 3 is 2.08 bits per heavy atom. The second-order valence-corrected chi connectivity index (χ2v) is 6.48. The number of halogens is 1. The summed E-state index contributed by atoms with van der Waals surface area (Å²) < 4.78 is 7.04. The van der Waals surface area contributed by atoms with Gasteiger partial charge >= 0.3 is 0 Å². The van der Waals surface area contributed by atoms with Crippen molar-refractivity contribution in [2.75, 3.05) is 6.61 Å². The van der Waals surface area contributed by atoms with E-state index in [4.69, 9.17) is 4.74 Å². The smallest absolute Gasteiger partial charge is 0.0727 e. The normalized spacial score (nSPS) is 11.5. The fourth-order valence-electron chi connectivity index (χ4n) is 2.47. The van der Waals surface area contributed by atoms with Gasteiger partial charge < -0.3 is 4.74 Å². The Kier molecular flexibility index (Phi) is 6.00. The molecule has 0 aromatic heterocycles. The van der Waals surface area contributed by atoms with E-state index in [-0.39, 0.29) is 0 Å². The molecule has 0 atom stereocenters. The highest BCUT2D eigenvalue weighted by Crippen LogP contribution is 2.20. The third-order valence-electron chi connectivity index (χ3n) is 3.72. The summed E-state index contributed by atoms with van der Waals surface area (Å²) in [5, 5.41) is 0. The minimum atomic E-state index is 0.578. The molecule has 0 amide bonds. The van der Waals surface area contributed by atoms with Gasteiger partial charge in [-0.1, -0.05) is 88.7 Å². The SMILES string of the molecule is Brc1ccc(/C=C(/COCc2ccccc2)c2ccccc2)cc1. The van der Waals surface area contributed by atoms with E-state index < -0.39 is 0 Å². The lowest BCUT2D eigenvalue weighted by Gasteiger charge is -2.10. The molecule has 0 aliphatic carbocycles. The van der Waals surface area contributed by atoms with Gasteiger partial charge in [0.25, 0.3) is 0 Å². The van der Waals surface area contributed by atoms with Crippen LogP contribution in [0.25, 0.3) is 11.6 Å². The van der Waals surface area contributed by atoms with Gasteiger partial charge in [0.2, 0.25) is 0 Å². The molecule has 24 heavy (non-hydrogen) atoms. The Balaban J connectivity index is 1.76. The molecule has 0 radical (unpaired) electrons. The molecule has 1 nitrogen and oxygen atoms in total. The maximum absolute atomic E-state index is 5.95. The third-order valence-corrected chi connectivity index (χ3v) is 4.25. The van der Waals surface area contributed by atoms with Crippen molar-refractivity contribution in [1.82, 2.24) is 0 Å². The molecule has 3 aromatic rings. The lowest BCUT2D eigenvalue weighted by atomic mass is 10.0. The molecular weight excluding hydrogens is 360 g/mol. The first-order valence-electron chi connectivity index (χ1n) is 7.94. The van der Waals surface area contributed by atoms with Gasteiger partial charge in [-0.15, -0.1) is 0 Å². The molecule has 2 heteroatoms. The van der Waals surface area contributed by atoms with E-state index in [1.807, 2.05) is 24.3 Å². The molecule has 0 aliphatic rings. The Hall–Kier alpha value is -2.16. The molecule has 0 aliphatic heterocycles. The van der Waals surface area contributed by atoms with E-state index >= 15 is 0 Å². The zero-order valence-corrected chi connectivity index (χ0v) is 14.9. The van der Waals surface area contributed by atoms with Crippen LogP contribution < -0.4 is 0 Å². The fraction of sp³-hybridized carbons (Fsp3) is 0.0909. The Bertz CT molecular complexity index is 777. The number of hydrogen-bond acceptors (Lipinski definition) is 1. The van der Waals surface area contributed by atoms with Gasteiger partial charge in [0.1, 0.15) is 0 Å². The van der Waals surface area contributed by atoms with Crippen molar-refractivity contribution in [1.29, 1.82) is 0 Å². The standard InChI is InChI=1S/C22H19BrO/c23-22-13-11-18(12-14-22)15-21(20-9-5-2-6-10-20)17-24-16-19-7-3-1-4-8-19/h1-15H,16-17H2/b21-15-. The predicted molar refractivity (Wildman–Crippen MR) is 105 cm³/mol. The van der Waals surface area contributed by atoms with Gasteiger partial charge in [-0.25, -0.2) is 0 Å². The van der Waals surface area contributed by atoms with Gasteiger partial charge in [0, 0.05) is 4.47 Å². The van der Waals surface area contributed by atoms with Crippen LogP contribution in [0.1, 0.15) is 16.7 Å². The highest BCUT2D eigenvalue weighted by Gasteiger charge is 2.03. The topological polar surface area (TPSA) is 9.23 Å². The van der Waals surface area contributed by atoms with Gasteiger partial charge in [-0.2, -0.15) is 0 Å². The van der Waals surface area contributed by atoms with Crippen molar-refractivity contribution in [2.24, 2.45) is 0 Å². The average Bonchev–Trinajstić information content (AvgIpc) is 2.64. The molecule has 120 valence electrons. The Morgan fingerprint density at radius 2 is 1.42 bits per heavy atom. The number of benzene rings is 3. The predicted octanol–water partition coefficient (Wildman–Crippen LogP) is 6.21. The second kappa shape index (κ2) is 8.62. The summed E-state index contributed by atoms with van der Waals surface area (Å²) in [4.78, 5) is 0. The van der Waals surface area contributed by atoms with Crippen molar-refractivity contribution < 1.29 is 4.74 Å². The van der Waals surface area contributed by atoms with Crippen LogP contribution in [0.15, 0.2) is 89.4 Å². The van der Waals surface area contributed by atoms with Gasteiger partial charge in [-0.05, 0) is 40.5 Å². The zero-order chi connectivity index (χ0) is 16.6. The molecule has 0 bridgehead atoms. The van der Waals surface area contributed by atoms with Crippen LogP contribution in [0, 0.1) is 0 Å². The van der Waals surface area contributed by atoms with E-state index in [0.717, 1.165) is 4.47 Å². The van der Waals surface area contributed by atoms with Crippen LogP contribution in [0.2, 0.25) is 0 Å². The summed E-state index contributed by atoms with van der Waals surface area (Å²) in [6.07, 6.45) is 2.19. The van der Waals surface area contributed by atoms with Crippen molar-refractivity contribution in [3.63, 3.8) is 0 Å². The minimum Gasteiger partial charge on any atom is -0.372 e. The summed E-state index contributed by atoms with van der Waals surface area (Å²) in [6, 6.07) is 29.0. The van der Waals surface area contributed by atoms with Crippen molar-refractivity contribution in [2.45, 2.75) is 6.61 Å². The number of hydrogen-bond donors (Lipinski definition) is 0. The Morgan fingerprint density at radius 1 is 0.792 bits per heavy atom. The summed E-state index contributed by atoms with van der Waals surface area (Å²) in [5.74, 6) is 0. The quantitative estimate of drug-likeness (QED) is 0.463. The molecule has 0 heterocycles. The maximum Gasteiger partial charge on any atom is 0.0727 e. The summed E-state index contributed by atoms with van der Waals surface area (Å²) >= 11 is 3.48. The van der Waals surface area contributed by atoms with Crippen LogP contribution in [-0.2, 0) is 11.3 Å². The third kappa shape index (κ3) is 4.92. The van der Waals surface area contributed by atoms with Gasteiger partial charge in [0.05, 0.1) is 13.2 Å². The molecule has 0 fully saturated rings. The molecule has 3 rings (SSSR count). The number of ether oxygens (including phenoxy) is 1. The van der Waals surface area contributed by atoms with E-state index in [9.17, 15) is 0 Å². The van der Waals surface area contributed by atoms with E-state index in [1.54, 1.807) is 0 Å². The lowest BCUT2D eigenvalue weighted by molar-refractivity contribution is 0.154. The van der Waals surface area contributed by atoms with Gasteiger partial charge in [0.15, 0.2) is 0 Å². The molecule has 0 N–H and O–H groups in total. The highest BCUT2D eigenvalue weighted by atomic mass is 79.9. The first-order valence-corrected chi connectivity index (χ1v) is 8.74. The van der Waals surface area contributed by atoms with Crippen molar-refractivity contribution >= 4 is 27.6 Å². The molecule has 3 aromatic carbocycles. The zero-order valence-electron chi connectivity index (χ0n) is 13.4. The monoisotopic (exact) mass is 378 g/mol. The van der Waals surface area contributed by atoms with Crippen LogP contribution in [0.3, 0.4) is 0 Å². The van der Waals surface area contributed by atoms with Crippen LogP contribution in [-0.4, -0.2) is 6.61 Å². The van der Waals surface area contributed by atoms with Crippen molar-refractivity contribution in [3.8, 4) is 0 Å². The highest BCUT2D eigenvalue weighted by molar-refractivity contribution is 9.10. The van der Waals surface area contributed by atoms with Crippen LogP contribution in [0.4, 0.5) is 0 Å². The second-order valence-electron chi connectivity index (χ2n) is 5.57. The van der Waals surface area contributed by atoms with E-state index in [1.165, 1.54) is 22.3 Å². The molecule has 0 spiro atoms. The van der Waals surface area contributed by atoms with Crippen molar-refractivity contribution in [3.05, 3.63) is 106 Å². The largest absolute Gasteiger partial charge is 0.372 e. The molecular formula is C22H19BrO. The van der Waals surface area contributed by atoms with E-state index in [0.29, 0.717) is 13.2 Å². The summed E-state index contributed by atoms with van der Waals surface area (Å²) in [5.41, 5.74) is 4.72. The first-order chi connectivity index (χ1) is 11.8. The lowest BCUT2D eigenvalue weighted by Crippen LogP contribution is -1.99. The van der Waals surface area contributed by atoms with E-state index in [2.05, 4.69) is 82.7 Å². The van der Waals surface area contributed by atoms with Crippen LogP contribution >= 0.6 is 15.9 Å². The first kappa shape index (κ1) is 16.7.